The second-order valence-corrected chi connectivity index (χ2v) is 6.22. The van der Waals surface area contributed by atoms with Crippen LogP contribution in [0.1, 0.15) is 39.0 Å². The van der Waals surface area contributed by atoms with Gasteiger partial charge in [-0.2, -0.15) is 0 Å². The summed E-state index contributed by atoms with van der Waals surface area (Å²) >= 11 is 0. The van der Waals surface area contributed by atoms with Crippen LogP contribution in [0.5, 0.6) is 0 Å². The van der Waals surface area contributed by atoms with Crippen LogP contribution >= 0.6 is 0 Å². The zero-order chi connectivity index (χ0) is 13.7. The van der Waals surface area contributed by atoms with Crippen molar-refractivity contribution >= 4 is 0 Å². The lowest BCUT2D eigenvalue weighted by molar-refractivity contribution is 0.0955. The Hall–Kier alpha value is -0.380. The average molecular weight is 265 g/mol. The van der Waals surface area contributed by atoms with E-state index in [0.29, 0.717) is 12.1 Å². The molecule has 1 N–H and O–H groups in total. The van der Waals surface area contributed by atoms with Gasteiger partial charge >= 0.3 is 0 Å². The van der Waals surface area contributed by atoms with E-state index in [1.165, 1.54) is 51.7 Å². The van der Waals surface area contributed by atoms with E-state index in [1.807, 2.05) is 0 Å². The molecule has 1 heterocycles. The number of hydrogen-bond acceptors (Lipinski definition) is 3. The molecule has 1 saturated heterocycles. The first kappa shape index (κ1) is 15.0. The van der Waals surface area contributed by atoms with Gasteiger partial charge in [0, 0.05) is 31.7 Å². The molecule has 1 aliphatic heterocycles. The second-order valence-electron chi connectivity index (χ2n) is 6.22. The van der Waals surface area contributed by atoms with Crippen molar-refractivity contribution in [1.82, 2.24) is 15.1 Å². The number of nitrogens with one attached hydrogen (secondary N) is 1. The molecule has 3 heteroatoms. The Balaban J connectivity index is 2.10. The highest BCUT2D eigenvalue weighted by atomic mass is 15.3. The van der Waals surface area contributed by atoms with Crippen molar-refractivity contribution in [3.05, 3.63) is 11.6 Å². The molecular formula is C16H31N3. The summed E-state index contributed by atoms with van der Waals surface area (Å²) in [5, 5.41) is 3.76. The van der Waals surface area contributed by atoms with Crippen LogP contribution in [0.25, 0.3) is 0 Å². The first-order chi connectivity index (χ1) is 9.22. The van der Waals surface area contributed by atoms with Gasteiger partial charge in [0.1, 0.15) is 0 Å². The van der Waals surface area contributed by atoms with E-state index >= 15 is 0 Å². The third-order valence-corrected chi connectivity index (χ3v) is 4.68. The number of likely N-dealkylation sites (N-methyl/N-ethyl adjacent to an activating group) is 3. The molecule has 0 saturated carbocycles. The summed E-state index contributed by atoms with van der Waals surface area (Å²) < 4.78 is 0. The Kier molecular flexibility index (Phi) is 5.86. The van der Waals surface area contributed by atoms with Gasteiger partial charge in [-0.15, -0.1) is 0 Å². The molecule has 2 aliphatic rings. The predicted molar refractivity (Wildman–Crippen MR) is 82.5 cm³/mol. The van der Waals surface area contributed by atoms with Gasteiger partial charge in [0.2, 0.25) is 0 Å². The Morgan fingerprint density at radius 3 is 2.89 bits per heavy atom. The van der Waals surface area contributed by atoms with E-state index in [0.717, 1.165) is 6.54 Å². The van der Waals surface area contributed by atoms with Crippen LogP contribution in [-0.2, 0) is 0 Å². The van der Waals surface area contributed by atoms with Crippen molar-refractivity contribution in [1.29, 1.82) is 0 Å². The largest absolute Gasteiger partial charge is 0.309 e. The maximum atomic E-state index is 3.76. The van der Waals surface area contributed by atoms with Gasteiger partial charge in [-0.05, 0) is 46.3 Å². The highest BCUT2D eigenvalue weighted by Crippen LogP contribution is 2.24. The smallest absolute Gasteiger partial charge is 0.0449 e. The molecule has 19 heavy (non-hydrogen) atoms. The Morgan fingerprint density at radius 1 is 1.26 bits per heavy atom. The lowest BCUT2D eigenvalue weighted by atomic mass is 9.93. The summed E-state index contributed by atoms with van der Waals surface area (Å²) in [5.74, 6) is 0. The fraction of sp³-hybridized carbons (Fsp3) is 0.875. The van der Waals surface area contributed by atoms with Crippen molar-refractivity contribution < 1.29 is 0 Å². The number of piperazine rings is 1. The molecule has 0 bridgehead atoms. The van der Waals surface area contributed by atoms with Crippen molar-refractivity contribution in [2.75, 3.05) is 40.3 Å². The molecule has 1 aliphatic carbocycles. The SMILES string of the molecule is CCNC(C1=CCCCCC1)C1CN(C)CCN1C. The van der Waals surface area contributed by atoms with Crippen molar-refractivity contribution in [3.63, 3.8) is 0 Å². The number of nitrogens with zero attached hydrogens (tertiary/aromatic N) is 2. The zero-order valence-electron chi connectivity index (χ0n) is 13.0. The molecule has 3 nitrogen and oxygen atoms in total. The van der Waals surface area contributed by atoms with Gasteiger partial charge in [-0.1, -0.05) is 25.0 Å². The van der Waals surface area contributed by atoms with Crippen molar-refractivity contribution in [2.45, 2.75) is 51.1 Å². The zero-order valence-corrected chi connectivity index (χ0v) is 13.0. The molecule has 2 unspecified atom stereocenters. The van der Waals surface area contributed by atoms with Gasteiger partial charge < -0.3 is 10.2 Å². The van der Waals surface area contributed by atoms with E-state index in [2.05, 4.69) is 42.2 Å². The lowest BCUT2D eigenvalue weighted by Crippen LogP contribution is -2.59. The molecule has 0 aromatic carbocycles. The monoisotopic (exact) mass is 265 g/mol. The first-order valence-electron chi connectivity index (χ1n) is 8.03. The van der Waals surface area contributed by atoms with Crippen LogP contribution in [0.3, 0.4) is 0 Å². The minimum absolute atomic E-state index is 0.552. The molecule has 2 atom stereocenters. The number of hydrogen-bond donors (Lipinski definition) is 1. The highest BCUT2D eigenvalue weighted by Gasteiger charge is 2.31. The van der Waals surface area contributed by atoms with Gasteiger partial charge in [-0.25, -0.2) is 0 Å². The van der Waals surface area contributed by atoms with Crippen LogP contribution in [0.2, 0.25) is 0 Å². The standard InChI is InChI=1S/C16H31N3/c1-4-17-16(14-9-7-5-6-8-10-14)15-13-18(2)11-12-19(15)3/h9,15-17H,4-8,10-13H2,1-3H3. The van der Waals surface area contributed by atoms with E-state index in [4.69, 9.17) is 0 Å². The third kappa shape index (κ3) is 4.04. The van der Waals surface area contributed by atoms with Gasteiger partial charge in [0.25, 0.3) is 0 Å². The fourth-order valence-corrected chi connectivity index (χ4v) is 3.46. The molecule has 2 rings (SSSR count). The maximum Gasteiger partial charge on any atom is 0.0449 e. The van der Waals surface area contributed by atoms with Crippen LogP contribution < -0.4 is 5.32 Å². The summed E-state index contributed by atoms with van der Waals surface area (Å²) in [4.78, 5) is 5.03. The summed E-state index contributed by atoms with van der Waals surface area (Å²) in [5.41, 5.74) is 1.67. The molecule has 0 aromatic heterocycles. The van der Waals surface area contributed by atoms with Gasteiger partial charge in [0.05, 0.1) is 0 Å². The quantitative estimate of drug-likeness (QED) is 0.785. The van der Waals surface area contributed by atoms with Crippen LogP contribution in [0, 0.1) is 0 Å². The summed E-state index contributed by atoms with van der Waals surface area (Å²) in [6, 6.07) is 1.18. The molecule has 0 amide bonds. The molecule has 110 valence electrons. The Labute approximate surface area is 119 Å². The minimum atomic E-state index is 0.552. The summed E-state index contributed by atoms with van der Waals surface area (Å²) in [6.45, 7) is 6.87. The van der Waals surface area contributed by atoms with Crippen molar-refractivity contribution in [2.24, 2.45) is 0 Å². The van der Waals surface area contributed by atoms with Crippen molar-refractivity contribution in [3.8, 4) is 0 Å². The highest BCUT2D eigenvalue weighted by molar-refractivity contribution is 5.16. The molecular weight excluding hydrogens is 234 g/mol. The topological polar surface area (TPSA) is 18.5 Å². The molecule has 1 fully saturated rings. The second kappa shape index (κ2) is 7.41. The predicted octanol–water partition coefficient (Wildman–Crippen LogP) is 2.10. The minimum Gasteiger partial charge on any atom is -0.309 e. The lowest BCUT2D eigenvalue weighted by Gasteiger charge is -2.43. The summed E-state index contributed by atoms with van der Waals surface area (Å²) in [7, 11) is 4.55. The average Bonchev–Trinajstić information content (AvgIpc) is 2.68. The normalized spacial score (nSPS) is 28.8. The molecule has 0 spiro atoms. The fourth-order valence-electron chi connectivity index (χ4n) is 3.46. The first-order valence-corrected chi connectivity index (χ1v) is 8.03. The number of allylic oxidation sites excluding steroid dienone is 1. The molecule has 0 radical (unpaired) electrons. The Morgan fingerprint density at radius 2 is 2.11 bits per heavy atom. The Bertz CT molecular complexity index is 300. The number of rotatable bonds is 4. The van der Waals surface area contributed by atoms with Gasteiger partial charge in [0.15, 0.2) is 0 Å². The van der Waals surface area contributed by atoms with E-state index in [-0.39, 0.29) is 0 Å². The van der Waals surface area contributed by atoms with E-state index in [9.17, 15) is 0 Å². The van der Waals surface area contributed by atoms with Gasteiger partial charge in [-0.3, -0.25) is 4.90 Å². The maximum absolute atomic E-state index is 3.76. The molecule has 0 aromatic rings. The van der Waals surface area contributed by atoms with E-state index in [1.54, 1.807) is 5.57 Å². The van der Waals surface area contributed by atoms with Crippen LogP contribution in [0.15, 0.2) is 11.6 Å². The van der Waals surface area contributed by atoms with E-state index < -0.39 is 0 Å². The summed E-state index contributed by atoms with van der Waals surface area (Å²) in [6.07, 6.45) is 9.26. The van der Waals surface area contributed by atoms with Crippen LogP contribution in [-0.4, -0.2) is 62.2 Å². The van der Waals surface area contributed by atoms with Crippen LogP contribution in [0.4, 0.5) is 0 Å². The third-order valence-electron chi connectivity index (χ3n) is 4.68.